The molecule has 1 atom stereocenters. The molecule has 0 heterocycles. The summed E-state index contributed by atoms with van der Waals surface area (Å²) in [4.78, 5) is 32.9. The fraction of sp³-hybridized carbons (Fsp3) is 0.750. The number of ether oxygens (including phenoxy) is 1. The third-order valence-electron chi connectivity index (χ3n) is 2.38. The average molecular weight is 289 g/mol. The van der Waals surface area contributed by atoms with Gasteiger partial charge in [0.1, 0.15) is 6.04 Å². The Kier molecular flexibility index (Phi) is 10.0. The Morgan fingerprint density at radius 1 is 1.30 bits per heavy atom. The number of rotatable bonds is 11. The molecule has 0 unspecified atom stereocenters. The summed E-state index contributed by atoms with van der Waals surface area (Å²) in [7, 11) is 0. The molecule has 0 aromatic rings. The molecule has 0 aromatic carbocycles. The molecule has 3 amide bonds. The van der Waals surface area contributed by atoms with Crippen LogP contribution in [0.2, 0.25) is 0 Å². The van der Waals surface area contributed by atoms with Crippen LogP contribution >= 0.6 is 0 Å². The molecule has 0 fully saturated rings. The lowest BCUT2D eigenvalue weighted by atomic mass is 10.1. The standard InChI is InChI=1S/C12H23N3O5/c1-2-7-20-8-3-6-14-12(19)15-9(11(17)18)4-5-10(13)16/h9H,2-8H2,1H3,(H2,13,16)(H,17,18)(H2,14,15,19)/t9-/m1/s1. The molecule has 0 saturated heterocycles. The number of carbonyl (C=O) groups is 3. The number of carbonyl (C=O) groups excluding carboxylic acids is 2. The summed E-state index contributed by atoms with van der Waals surface area (Å²) < 4.78 is 5.23. The van der Waals surface area contributed by atoms with Gasteiger partial charge in [0.05, 0.1) is 0 Å². The van der Waals surface area contributed by atoms with Crippen molar-refractivity contribution in [1.82, 2.24) is 10.6 Å². The van der Waals surface area contributed by atoms with Crippen molar-refractivity contribution in [1.29, 1.82) is 0 Å². The van der Waals surface area contributed by atoms with Gasteiger partial charge in [-0.25, -0.2) is 9.59 Å². The van der Waals surface area contributed by atoms with Crippen molar-refractivity contribution in [3.8, 4) is 0 Å². The van der Waals surface area contributed by atoms with E-state index in [2.05, 4.69) is 10.6 Å². The van der Waals surface area contributed by atoms with Crippen LogP contribution in [-0.2, 0) is 14.3 Å². The third kappa shape index (κ3) is 10.1. The number of carboxylic acid groups (broad SMARTS) is 1. The van der Waals surface area contributed by atoms with E-state index in [0.717, 1.165) is 6.42 Å². The molecule has 116 valence electrons. The van der Waals surface area contributed by atoms with Crippen molar-refractivity contribution < 1.29 is 24.2 Å². The first-order chi connectivity index (χ1) is 9.47. The Morgan fingerprint density at radius 2 is 2.00 bits per heavy atom. The molecule has 0 spiro atoms. The molecule has 0 bridgehead atoms. The van der Waals surface area contributed by atoms with Crippen molar-refractivity contribution in [2.24, 2.45) is 5.73 Å². The van der Waals surface area contributed by atoms with E-state index in [4.69, 9.17) is 15.6 Å². The van der Waals surface area contributed by atoms with E-state index in [-0.39, 0.29) is 12.8 Å². The zero-order chi connectivity index (χ0) is 15.4. The van der Waals surface area contributed by atoms with Crippen molar-refractivity contribution in [3.63, 3.8) is 0 Å². The molecular formula is C12H23N3O5. The Hall–Kier alpha value is -1.83. The minimum Gasteiger partial charge on any atom is -0.480 e. The zero-order valence-corrected chi connectivity index (χ0v) is 11.7. The van der Waals surface area contributed by atoms with Gasteiger partial charge in [0.2, 0.25) is 5.91 Å². The second-order valence-corrected chi connectivity index (χ2v) is 4.26. The quantitative estimate of drug-likeness (QED) is 0.392. The zero-order valence-electron chi connectivity index (χ0n) is 11.7. The highest BCUT2D eigenvalue weighted by molar-refractivity contribution is 5.83. The van der Waals surface area contributed by atoms with Crippen LogP contribution < -0.4 is 16.4 Å². The number of nitrogens with two attached hydrogens (primary N) is 1. The lowest BCUT2D eigenvalue weighted by Crippen LogP contribution is -2.46. The Bertz CT molecular complexity index is 322. The molecule has 8 heteroatoms. The van der Waals surface area contributed by atoms with Crippen LogP contribution in [0.4, 0.5) is 4.79 Å². The highest BCUT2D eigenvalue weighted by Crippen LogP contribution is 1.97. The molecular weight excluding hydrogens is 266 g/mol. The maximum absolute atomic E-state index is 11.4. The predicted octanol–water partition coefficient (Wildman–Crippen LogP) is -0.179. The first-order valence-electron chi connectivity index (χ1n) is 6.60. The van der Waals surface area contributed by atoms with Gasteiger partial charge in [-0.3, -0.25) is 4.79 Å². The summed E-state index contributed by atoms with van der Waals surface area (Å²) >= 11 is 0. The van der Waals surface area contributed by atoms with Gasteiger partial charge in [0.15, 0.2) is 0 Å². The largest absolute Gasteiger partial charge is 0.480 e. The van der Waals surface area contributed by atoms with E-state index >= 15 is 0 Å². The van der Waals surface area contributed by atoms with Crippen LogP contribution in [-0.4, -0.2) is 48.8 Å². The smallest absolute Gasteiger partial charge is 0.326 e. The highest BCUT2D eigenvalue weighted by atomic mass is 16.5. The van der Waals surface area contributed by atoms with Gasteiger partial charge in [-0.15, -0.1) is 0 Å². The van der Waals surface area contributed by atoms with Crippen LogP contribution in [0.5, 0.6) is 0 Å². The van der Waals surface area contributed by atoms with Gasteiger partial charge < -0.3 is 26.2 Å². The summed E-state index contributed by atoms with van der Waals surface area (Å²) in [5.74, 6) is -1.81. The number of hydrogen-bond acceptors (Lipinski definition) is 4. The van der Waals surface area contributed by atoms with Gasteiger partial charge in [0.25, 0.3) is 0 Å². The fourth-order valence-electron chi connectivity index (χ4n) is 1.38. The fourth-order valence-corrected chi connectivity index (χ4v) is 1.38. The van der Waals surface area contributed by atoms with Crippen LogP contribution in [0.1, 0.15) is 32.6 Å². The minimum absolute atomic E-state index is 0.0301. The van der Waals surface area contributed by atoms with Gasteiger partial charge in [-0.05, 0) is 19.3 Å². The van der Waals surface area contributed by atoms with E-state index in [0.29, 0.717) is 26.2 Å². The first-order valence-corrected chi connectivity index (χ1v) is 6.60. The number of aliphatic carboxylic acids is 1. The van der Waals surface area contributed by atoms with Crippen LogP contribution in [0.15, 0.2) is 0 Å². The molecule has 5 N–H and O–H groups in total. The molecule has 0 aromatic heterocycles. The van der Waals surface area contributed by atoms with E-state index in [1.54, 1.807) is 0 Å². The van der Waals surface area contributed by atoms with Crippen molar-refractivity contribution in [2.75, 3.05) is 19.8 Å². The van der Waals surface area contributed by atoms with E-state index in [1.165, 1.54) is 0 Å². The van der Waals surface area contributed by atoms with Crippen LogP contribution in [0.3, 0.4) is 0 Å². The number of hydrogen-bond donors (Lipinski definition) is 4. The Labute approximate surface area is 118 Å². The lowest BCUT2D eigenvalue weighted by molar-refractivity contribution is -0.139. The Morgan fingerprint density at radius 3 is 2.55 bits per heavy atom. The van der Waals surface area contributed by atoms with Crippen molar-refractivity contribution in [2.45, 2.75) is 38.6 Å². The van der Waals surface area contributed by atoms with Crippen molar-refractivity contribution >= 4 is 17.9 Å². The predicted molar refractivity (Wildman–Crippen MR) is 72.1 cm³/mol. The second-order valence-electron chi connectivity index (χ2n) is 4.26. The van der Waals surface area contributed by atoms with E-state index < -0.39 is 23.9 Å². The molecule has 0 radical (unpaired) electrons. The summed E-state index contributed by atoms with van der Waals surface area (Å²) in [6.07, 6.45) is 1.46. The molecule has 20 heavy (non-hydrogen) atoms. The number of carboxylic acids is 1. The summed E-state index contributed by atoms with van der Waals surface area (Å²) in [5.41, 5.74) is 4.94. The third-order valence-corrected chi connectivity index (χ3v) is 2.38. The SMILES string of the molecule is CCCOCCCNC(=O)N[C@H](CCC(N)=O)C(=O)O. The van der Waals surface area contributed by atoms with Crippen LogP contribution in [0.25, 0.3) is 0 Å². The van der Waals surface area contributed by atoms with Gasteiger partial charge in [0, 0.05) is 26.2 Å². The molecule has 0 aliphatic heterocycles. The first kappa shape index (κ1) is 18.2. The van der Waals surface area contributed by atoms with Gasteiger partial charge >= 0.3 is 12.0 Å². The molecule has 0 saturated carbocycles. The summed E-state index contributed by atoms with van der Waals surface area (Å²) in [5, 5.41) is 13.7. The van der Waals surface area contributed by atoms with E-state index in [9.17, 15) is 14.4 Å². The van der Waals surface area contributed by atoms with Crippen LogP contribution in [0, 0.1) is 0 Å². The number of nitrogens with one attached hydrogen (secondary N) is 2. The van der Waals surface area contributed by atoms with Crippen molar-refractivity contribution in [3.05, 3.63) is 0 Å². The maximum atomic E-state index is 11.4. The van der Waals surface area contributed by atoms with E-state index in [1.807, 2.05) is 6.92 Å². The normalized spacial score (nSPS) is 11.7. The lowest BCUT2D eigenvalue weighted by Gasteiger charge is -2.14. The maximum Gasteiger partial charge on any atom is 0.326 e. The number of amides is 3. The topological polar surface area (TPSA) is 131 Å². The molecule has 0 aliphatic rings. The van der Waals surface area contributed by atoms with Gasteiger partial charge in [-0.1, -0.05) is 6.92 Å². The Balaban J connectivity index is 3.84. The molecule has 8 nitrogen and oxygen atoms in total. The number of primary amides is 1. The monoisotopic (exact) mass is 289 g/mol. The number of urea groups is 1. The summed E-state index contributed by atoms with van der Waals surface area (Å²) in [6, 6.07) is -1.71. The highest BCUT2D eigenvalue weighted by Gasteiger charge is 2.20. The average Bonchev–Trinajstić information content (AvgIpc) is 2.38. The molecule has 0 rings (SSSR count). The molecule has 0 aliphatic carbocycles. The van der Waals surface area contributed by atoms with Gasteiger partial charge in [-0.2, -0.15) is 0 Å². The second kappa shape index (κ2) is 11.0. The minimum atomic E-state index is -1.20. The summed E-state index contributed by atoms with van der Waals surface area (Å²) in [6.45, 7) is 3.61.